The Kier molecular flexibility index (Phi) is 7.85. The average Bonchev–Trinajstić information content (AvgIpc) is 3.49. The van der Waals surface area contributed by atoms with Crippen LogP contribution in [0.15, 0.2) is 46.3 Å². The number of benzene rings is 1. The molecular formula is C24H30N4O2S. The molecule has 7 heteroatoms. The van der Waals surface area contributed by atoms with Gasteiger partial charge in [-0.25, -0.2) is 0 Å². The number of nitrogens with zero attached hydrogens (tertiary/aromatic N) is 3. The second-order valence-electron chi connectivity index (χ2n) is 8.09. The van der Waals surface area contributed by atoms with E-state index in [0.717, 1.165) is 42.7 Å². The fraction of sp³-hybridized carbons (Fsp3) is 0.458. The summed E-state index contributed by atoms with van der Waals surface area (Å²) < 4.78 is 5.32. The maximum absolute atomic E-state index is 12.4. The number of rotatable bonds is 10. The molecule has 0 saturated carbocycles. The van der Waals surface area contributed by atoms with Gasteiger partial charge in [0.1, 0.15) is 0 Å². The summed E-state index contributed by atoms with van der Waals surface area (Å²) in [5.74, 6) is 1.35. The topological polar surface area (TPSA) is 71.3 Å². The van der Waals surface area contributed by atoms with Crippen molar-refractivity contribution in [3.8, 4) is 10.7 Å². The maximum Gasteiger partial charge on any atom is 0.251 e. The summed E-state index contributed by atoms with van der Waals surface area (Å²) in [4.78, 5) is 20.3. The SMILES string of the molecule is O=C(NCCCCCc1nc(-c2cccs2)no1)c1ccc(CN2CCCCC2)cc1. The van der Waals surface area contributed by atoms with Crippen LogP contribution >= 0.6 is 11.3 Å². The van der Waals surface area contributed by atoms with E-state index in [2.05, 4.69) is 32.5 Å². The van der Waals surface area contributed by atoms with Gasteiger partial charge in [-0.1, -0.05) is 36.2 Å². The second-order valence-corrected chi connectivity index (χ2v) is 9.04. The number of unbranched alkanes of at least 4 members (excludes halogenated alkanes) is 2. The van der Waals surface area contributed by atoms with Crippen LogP contribution in [0.2, 0.25) is 0 Å². The van der Waals surface area contributed by atoms with E-state index in [1.165, 1.54) is 37.9 Å². The van der Waals surface area contributed by atoms with E-state index in [9.17, 15) is 4.79 Å². The summed E-state index contributed by atoms with van der Waals surface area (Å²) in [6, 6.07) is 12.0. The minimum Gasteiger partial charge on any atom is -0.352 e. The highest BCUT2D eigenvalue weighted by Gasteiger charge is 2.11. The van der Waals surface area contributed by atoms with Gasteiger partial charge in [-0.15, -0.1) is 11.3 Å². The highest BCUT2D eigenvalue weighted by molar-refractivity contribution is 7.13. The molecule has 4 rings (SSSR count). The molecule has 31 heavy (non-hydrogen) atoms. The van der Waals surface area contributed by atoms with Crippen molar-refractivity contribution in [3.63, 3.8) is 0 Å². The number of hydrogen-bond donors (Lipinski definition) is 1. The first-order valence-electron chi connectivity index (χ1n) is 11.2. The average molecular weight is 439 g/mol. The monoisotopic (exact) mass is 438 g/mol. The van der Waals surface area contributed by atoms with Crippen molar-refractivity contribution < 1.29 is 9.32 Å². The van der Waals surface area contributed by atoms with Gasteiger partial charge in [-0.05, 0) is 67.9 Å². The van der Waals surface area contributed by atoms with Crippen LogP contribution in [0.1, 0.15) is 60.3 Å². The molecule has 2 aromatic heterocycles. The number of carbonyl (C=O) groups excluding carboxylic acids is 1. The molecule has 3 heterocycles. The van der Waals surface area contributed by atoms with Gasteiger partial charge < -0.3 is 9.84 Å². The largest absolute Gasteiger partial charge is 0.352 e. The highest BCUT2D eigenvalue weighted by Crippen LogP contribution is 2.21. The molecule has 0 atom stereocenters. The lowest BCUT2D eigenvalue weighted by atomic mass is 10.1. The molecular weight excluding hydrogens is 408 g/mol. The Hall–Kier alpha value is -2.51. The lowest BCUT2D eigenvalue weighted by Gasteiger charge is -2.26. The van der Waals surface area contributed by atoms with Crippen molar-refractivity contribution >= 4 is 17.2 Å². The molecule has 0 aliphatic carbocycles. The van der Waals surface area contributed by atoms with E-state index in [1.807, 2.05) is 29.6 Å². The second kappa shape index (κ2) is 11.2. The molecule has 1 fully saturated rings. The Bertz CT molecular complexity index is 931. The van der Waals surface area contributed by atoms with Crippen molar-refractivity contribution in [2.75, 3.05) is 19.6 Å². The van der Waals surface area contributed by atoms with E-state index < -0.39 is 0 Å². The summed E-state index contributed by atoms with van der Waals surface area (Å²) in [7, 11) is 0. The van der Waals surface area contributed by atoms with E-state index in [4.69, 9.17) is 4.52 Å². The van der Waals surface area contributed by atoms with Gasteiger partial charge in [-0.3, -0.25) is 9.69 Å². The van der Waals surface area contributed by atoms with Gasteiger partial charge in [0.25, 0.3) is 5.91 Å². The van der Waals surface area contributed by atoms with Crippen LogP contribution < -0.4 is 5.32 Å². The zero-order chi connectivity index (χ0) is 21.3. The van der Waals surface area contributed by atoms with E-state index >= 15 is 0 Å². The van der Waals surface area contributed by atoms with Crippen molar-refractivity contribution in [1.82, 2.24) is 20.4 Å². The molecule has 1 aliphatic rings. The van der Waals surface area contributed by atoms with Gasteiger partial charge in [0.05, 0.1) is 4.88 Å². The maximum atomic E-state index is 12.4. The summed E-state index contributed by atoms with van der Waals surface area (Å²) in [5.41, 5.74) is 2.01. The first kappa shape index (κ1) is 21.7. The lowest BCUT2D eigenvalue weighted by Crippen LogP contribution is -2.29. The molecule has 0 radical (unpaired) electrons. The van der Waals surface area contributed by atoms with Gasteiger partial charge in [0.15, 0.2) is 0 Å². The smallest absolute Gasteiger partial charge is 0.251 e. The Morgan fingerprint density at radius 3 is 2.68 bits per heavy atom. The fourth-order valence-corrected chi connectivity index (χ4v) is 4.53. The number of aryl methyl sites for hydroxylation is 1. The number of thiophene rings is 1. The predicted octanol–water partition coefficient (Wildman–Crippen LogP) is 4.93. The number of carbonyl (C=O) groups is 1. The number of piperidine rings is 1. The molecule has 0 bridgehead atoms. The van der Waals surface area contributed by atoms with Crippen LogP contribution in [-0.2, 0) is 13.0 Å². The minimum absolute atomic E-state index is 0.00186. The van der Waals surface area contributed by atoms with Gasteiger partial charge >= 0.3 is 0 Å². The van der Waals surface area contributed by atoms with Gasteiger partial charge in [-0.2, -0.15) is 4.98 Å². The first-order valence-corrected chi connectivity index (χ1v) is 12.1. The number of nitrogens with one attached hydrogen (secondary N) is 1. The lowest BCUT2D eigenvalue weighted by molar-refractivity contribution is 0.0953. The summed E-state index contributed by atoms with van der Waals surface area (Å²) >= 11 is 1.61. The van der Waals surface area contributed by atoms with Crippen molar-refractivity contribution in [3.05, 3.63) is 58.8 Å². The van der Waals surface area contributed by atoms with E-state index in [-0.39, 0.29) is 5.91 Å². The quantitative estimate of drug-likeness (QED) is 0.455. The normalized spacial score (nSPS) is 14.6. The van der Waals surface area contributed by atoms with Crippen molar-refractivity contribution in [1.29, 1.82) is 0 Å². The predicted molar refractivity (Wildman–Crippen MR) is 123 cm³/mol. The number of aromatic nitrogens is 2. The molecule has 1 aliphatic heterocycles. The number of hydrogen-bond acceptors (Lipinski definition) is 6. The molecule has 0 unspecified atom stereocenters. The Labute approximate surface area is 187 Å². The van der Waals surface area contributed by atoms with Gasteiger partial charge in [0, 0.05) is 25.1 Å². The van der Waals surface area contributed by atoms with Crippen LogP contribution in [0.25, 0.3) is 10.7 Å². The molecule has 3 aromatic rings. The van der Waals surface area contributed by atoms with Crippen LogP contribution in [0.4, 0.5) is 0 Å². The zero-order valence-corrected chi connectivity index (χ0v) is 18.7. The molecule has 1 aromatic carbocycles. The fourth-order valence-electron chi connectivity index (χ4n) is 3.88. The Balaban J connectivity index is 1.11. The Morgan fingerprint density at radius 1 is 1.06 bits per heavy atom. The third-order valence-corrected chi connectivity index (χ3v) is 6.50. The molecule has 0 spiro atoms. The first-order chi connectivity index (χ1) is 15.3. The standard InChI is InChI=1S/C24H30N4O2S/c29-24(20-12-10-19(11-13-20)18-28-15-5-2-6-16-28)25-14-4-1-3-9-22-26-23(27-30-22)21-8-7-17-31-21/h7-8,10-13,17H,1-6,9,14-16,18H2,(H,25,29). The molecule has 6 nitrogen and oxygen atoms in total. The summed E-state index contributed by atoms with van der Waals surface area (Å²) in [6.07, 6.45) is 7.62. The van der Waals surface area contributed by atoms with E-state index in [1.54, 1.807) is 11.3 Å². The summed E-state index contributed by atoms with van der Waals surface area (Å²) in [6.45, 7) is 4.03. The van der Waals surface area contributed by atoms with Gasteiger partial charge in [0.2, 0.25) is 11.7 Å². The molecule has 1 saturated heterocycles. The molecule has 164 valence electrons. The Morgan fingerprint density at radius 2 is 1.90 bits per heavy atom. The third-order valence-electron chi connectivity index (χ3n) is 5.63. The van der Waals surface area contributed by atoms with Crippen LogP contribution in [-0.4, -0.2) is 40.6 Å². The molecule has 1 N–H and O–H groups in total. The highest BCUT2D eigenvalue weighted by atomic mass is 32.1. The zero-order valence-electron chi connectivity index (χ0n) is 17.9. The van der Waals surface area contributed by atoms with Crippen LogP contribution in [0.3, 0.4) is 0 Å². The number of likely N-dealkylation sites (tertiary alicyclic amines) is 1. The molecule has 1 amide bonds. The minimum atomic E-state index is 0.00186. The van der Waals surface area contributed by atoms with Crippen molar-refractivity contribution in [2.45, 2.75) is 51.5 Å². The number of amides is 1. The van der Waals surface area contributed by atoms with E-state index in [0.29, 0.717) is 18.3 Å². The van der Waals surface area contributed by atoms with Crippen molar-refractivity contribution in [2.24, 2.45) is 0 Å². The van der Waals surface area contributed by atoms with Crippen LogP contribution in [0.5, 0.6) is 0 Å². The summed E-state index contributed by atoms with van der Waals surface area (Å²) in [5, 5.41) is 9.06. The van der Waals surface area contributed by atoms with Crippen LogP contribution in [0, 0.1) is 0 Å². The third kappa shape index (κ3) is 6.48.